The Labute approximate surface area is 53.7 Å². The van der Waals surface area contributed by atoms with Gasteiger partial charge in [-0.3, -0.25) is 0 Å². The third-order valence-corrected chi connectivity index (χ3v) is 1.43. The Bertz CT molecular complexity index is 124. The van der Waals surface area contributed by atoms with Gasteiger partial charge in [0.1, 0.15) is 6.67 Å². The first-order valence-corrected chi connectivity index (χ1v) is 3.03. The van der Waals surface area contributed by atoms with Gasteiger partial charge in [0.25, 0.3) is 0 Å². The molecule has 3 heteroatoms. The van der Waals surface area contributed by atoms with Crippen LogP contribution < -0.4 is 0 Å². The van der Waals surface area contributed by atoms with E-state index in [1.165, 1.54) is 0 Å². The highest BCUT2D eigenvalue weighted by molar-refractivity contribution is 5.77. The van der Waals surface area contributed by atoms with Crippen LogP contribution in [-0.4, -0.2) is 25.7 Å². The number of hydrogen-bond acceptors (Lipinski definition) is 2. The maximum Gasteiger partial charge on any atom is 0.183 e. The van der Waals surface area contributed by atoms with Crippen LogP contribution in [0, 0.1) is 0 Å². The molecule has 0 amide bonds. The molecule has 52 valence electrons. The molecule has 1 aliphatic rings. The SMILES string of the molecule is COC1=N[C@@H](CF)CC1. The number of methoxy groups -OCH3 is 1. The van der Waals surface area contributed by atoms with E-state index in [4.69, 9.17) is 4.74 Å². The number of ether oxygens (including phenoxy) is 1. The number of hydrogen-bond donors (Lipinski definition) is 0. The molecule has 1 rings (SSSR count). The summed E-state index contributed by atoms with van der Waals surface area (Å²) in [5.74, 6) is 0.692. The van der Waals surface area contributed by atoms with Crippen LogP contribution in [0.5, 0.6) is 0 Å². The van der Waals surface area contributed by atoms with Crippen molar-refractivity contribution in [2.45, 2.75) is 18.9 Å². The zero-order chi connectivity index (χ0) is 6.69. The zero-order valence-electron chi connectivity index (χ0n) is 5.43. The van der Waals surface area contributed by atoms with Gasteiger partial charge < -0.3 is 4.74 Å². The van der Waals surface area contributed by atoms with Crippen LogP contribution in [0.15, 0.2) is 4.99 Å². The lowest BCUT2D eigenvalue weighted by Gasteiger charge is -1.94. The average Bonchev–Trinajstić information content (AvgIpc) is 2.34. The average molecular weight is 131 g/mol. The fourth-order valence-corrected chi connectivity index (χ4v) is 0.889. The summed E-state index contributed by atoms with van der Waals surface area (Å²) in [6.45, 7) is -0.354. The Morgan fingerprint density at radius 1 is 1.89 bits per heavy atom. The lowest BCUT2D eigenvalue weighted by atomic mass is 10.2. The minimum absolute atomic E-state index is 0.125. The van der Waals surface area contributed by atoms with Gasteiger partial charge in [0.2, 0.25) is 0 Å². The summed E-state index contributed by atoms with van der Waals surface area (Å²) >= 11 is 0. The summed E-state index contributed by atoms with van der Waals surface area (Å²) in [6.07, 6.45) is 1.60. The van der Waals surface area contributed by atoms with Crippen LogP contribution >= 0.6 is 0 Å². The Morgan fingerprint density at radius 2 is 2.67 bits per heavy atom. The molecule has 0 saturated heterocycles. The van der Waals surface area contributed by atoms with E-state index in [1.54, 1.807) is 7.11 Å². The first kappa shape index (κ1) is 6.52. The first-order valence-electron chi connectivity index (χ1n) is 3.03. The molecule has 1 atom stereocenters. The van der Waals surface area contributed by atoms with Gasteiger partial charge in [0, 0.05) is 6.42 Å². The Balaban J connectivity index is 2.40. The minimum atomic E-state index is -0.354. The van der Waals surface area contributed by atoms with E-state index in [9.17, 15) is 4.39 Å². The van der Waals surface area contributed by atoms with Crippen molar-refractivity contribution in [2.75, 3.05) is 13.8 Å². The molecular weight excluding hydrogens is 121 g/mol. The summed E-state index contributed by atoms with van der Waals surface area (Å²) < 4.78 is 16.7. The van der Waals surface area contributed by atoms with Crippen LogP contribution in [0.3, 0.4) is 0 Å². The highest BCUT2D eigenvalue weighted by atomic mass is 19.1. The molecule has 9 heavy (non-hydrogen) atoms. The number of aliphatic imine (C=N–C) groups is 1. The molecule has 2 nitrogen and oxygen atoms in total. The largest absolute Gasteiger partial charge is 0.484 e. The van der Waals surface area contributed by atoms with Gasteiger partial charge in [-0.05, 0) is 6.42 Å². The van der Waals surface area contributed by atoms with Gasteiger partial charge in [-0.15, -0.1) is 0 Å². The normalized spacial score (nSPS) is 26.0. The molecule has 0 aromatic rings. The number of alkyl halides is 1. The monoisotopic (exact) mass is 131 g/mol. The van der Waals surface area contributed by atoms with Crippen LogP contribution in [0.1, 0.15) is 12.8 Å². The third-order valence-electron chi connectivity index (χ3n) is 1.43. The molecular formula is C6H10FNO. The molecule has 0 unspecified atom stereocenters. The van der Waals surface area contributed by atoms with Crippen LogP contribution in [0.2, 0.25) is 0 Å². The smallest absolute Gasteiger partial charge is 0.183 e. The molecule has 0 saturated carbocycles. The lowest BCUT2D eigenvalue weighted by molar-refractivity contribution is 0.394. The van der Waals surface area contributed by atoms with E-state index in [2.05, 4.69) is 4.99 Å². The first-order chi connectivity index (χ1) is 4.36. The van der Waals surface area contributed by atoms with Gasteiger partial charge in [-0.1, -0.05) is 0 Å². The second-order valence-electron chi connectivity index (χ2n) is 2.07. The van der Waals surface area contributed by atoms with Crippen molar-refractivity contribution in [3.63, 3.8) is 0 Å². The summed E-state index contributed by atoms with van der Waals surface area (Å²) in [6, 6.07) is -0.125. The summed E-state index contributed by atoms with van der Waals surface area (Å²) in [5.41, 5.74) is 0. The summed E-state index contributed by atoms with van der Waals surface area (Å²) in [7, 11) is 1.57. The van der Waals surface area contributed by atoms with Crippen LogP contribution in [-0.2, 0) is 4.74 Å². The van der Waals surface area contributed by atoms with E-state index in [-0.39, 0.29) is 12.7 Å². The Kier molecular flexibility index (Phi) is 2.03. The van der Waals surface area contributed by atoms with Crippen molar-refractivity contribution >= 4 is 5.90 Å². The van der Waals surface area contributed by atoms with Gasteiger partial charge >= 0.3 is 0 Å². The maximum absolute atomic E-state index is 11.8. The van der Waals surface area contributed by atoms with Crippen molar-refractivity contribution in [1.82, 2.24) is 0 Å². The van der Waals surface area contributed by atoms with Gasteiger partial charge in [-0.25, -0.2) is 9.38 Å². The third kappa shape index (κ3) is 1.40. The van der Waals surface area contributed by atoms with E-state index in [0.717, 1.165) is 12.8 Å². The van der Waals surface area contributed by atoms with Crippen molar-refractivity contribution in [3.05, 3.63) is 0 Å². The topological polar surface area (TPSA) is 21.6 Å². The number of halogens is 1. The fraction of sp³-hybridized carbons (Fsp3) is 0.833. The highest BCUT2D eigenvalue weighted by Crippen LogP contribution is 2.13. The van der Waals surface area contributed by atoms with Crippen molar-refractivity contribution < 1.29 is 9.13 Å². The molecule has 0 N–H and O–H groups in total. The van der Waals surface area contributed by atoms with Crippen molar-refractivity contribution in [2.24, 2.45) is 4.99 Å². The van der Waals surface area contributed by atoms with Crippen molar-refractivity contribution in [1.29, 1.82) is 0 Å². The molecule has 0 fully saturated rings. The predicted octanol–water partition coefficient (Wildman–Crippen LogP) is 1.16. The quantitative estimate of drug-likeness (QED) is 0.523. The summed E-state index contributed by atoms with van der Waals surface area (Å²) in [5, 5.41) is 0. The molecule has 0 aromatic heterocycles. The second kappa shape index (κ2) is 2.80. The van der Waals surface area contributed by atoms with E-state index in [1.807, 2.05) is 0 Å². The predicted molar refractivity (Wildman–Crippen MR) is 33.4 cm³/mol. The lowest BCUT2D eigenvalue weighted by Crippen LogP contribution is -2.00. The van der Waals surface area contributed by atoms with E-state index < -0.39 is 0 Å². The summed E-state index contributed by atoms with van der Waals surface area (Å²) in [4.78, 5) is 3.94. The van der Waals surface area contributed by atoms with Crippen LogP contribution in [0.4, 0.5) is 4.39 Å². The zero-order valence-corrected chi connectivity index (χ0v) is 5.43. The Hall–Kier alpha value is -0.600. The molecule has 1 heterocycles. The van der Waals surface area contributed by atoms with Crippen molar-refractivity contribution in [3.8, 4) is 0 Å². The minimum Gasteiger partial charge on any atom is -0.484 e. The van der Waals surface area contributed by atoms with Gasteiger partial charge in [0.15, 0.2) is 5.90 Å². The molecule has 1 aliphatic heterocycles. The van der Waals surface area contributed by atoms with Gasteiger partial charge in [0.05, 0.1) is 13.2 Å². The van der Waals surface area contributed by atoms with Crippen LogP contribution in [0.25, 0.3) is 0 Å². The molecule has 0 aliphatic carbocycles. The van der Waals surface area contributed by atoms with Gasteiger partial charge in [-0.2, -0.15) is 0 Å². The number of rotatable bonds is 1. The second-order valence-corrected chi connectivity index (χ2v) is 2.07. The Morgan fingerprint density at radius 3 is 3.00 bits per heavy atom. The highest BCUT2D eigenvalue weighted by Gasteiger charge is 2.16. The van der Waals surface area contributed by atoms with E-state index in [0.29, 0.717) is 5.90 Å². The molecule has 0 bridgehead atoms. The number of nitrogens with zero attached hydrogens (tertiary/aromatic N) is 1. The maximum atomic E-state index is 11.8. The fourth-order valence-electron chi connectivity index (χ4n) is 0.889. The molecule has 0 aromatic carbocycles. The standard InChI is InChI=1S/C6H10FNO/c1-9-6-3-2-5(4-7)8-6/h5H,2-4H2,1H3/t5-/m1/s1. The molecule has 0 spiro atoms. The van der Waals surface area contributed by atoms with E-state index >= 15 is 0 Å². The molecule has 0 radical (unpaired) electrons.